The second kappa shape index (κ2) is 12.0. The van der Waals surface area contributed by atoms with Crippen LogP contribution in [0.15, 0.2) is 82.7 Å². The molecule has 4 rings (SSSR count). The average Bonchev–Trinajstić information content (AvgIpc) is 3.14. The third-order valence-electron chi connectivity index (χ3n) is 6.01. The molecule has 2 N–H and O–H groups in total. The standard InChI is InChI=1S/C28H25Cl2N5O4/c1-17(19-10-13-23(14-11-19)39-16-20-9-12-21(29)15-24(20)30)32-33-27(37)26(36)31-25-18(2)34(3)35(28(25)38)22-7-5-4-6-8-22/h4-15H,16H2,1-3H3,(H,31,36)(H,33,37)/b32-17+. The third-order valence-corrected chi connectivity index (χ3v) is 6.59. The van der Waals surface area contributed by atoms with E-state index in [2.05, 4.69) is 15.8 Å². The van der Waals surface area contributed by atoms with Crippen molar-refractivity contribution >= 4 is 46.4 Å². The second-order valence-electron chi connectivity index (χ2n) is 8.58. The van der Waals surface area contributed by atoms with Gasteiger partial charge in [0.05, 0.1) is 17.1 Å². The number of anilines is 1. The van der Waals surface area contributed by atoms with Crippen molar-refractivity contribution in [2.24, 2.45) is 12.1 Å². The first kappa shape index (κ1) is 27.7. The lowest BCUT2D eigenvalue weighted by atomic mass is 10.1. The molecular formula is C28H25Cl2N5O4. The van der Waals surface area contributed by atoms with Gasteiger partial charge in [-0.1, -0.05) is 47.5 Å². The molecule has 0 radical (unpaired) electrons. The minimum atomic E-state index is -1.01. The van der Waals surface area contributed by atoms with Gasteiger partial charge in [-0.2, -0.15) is 5.10 Å². The molecule has 0 unspecified atom stereocenters. The monoisotopic (exact) mass is 565 g/mol. The molecule has 0 bridgehead atoms. The molecule has 0 aliphatic rings. The number of halogens is 2. The van der Waals surface area contributed by atoms with Crippen molar-refractivity contribution in [3.05, 3.63) is 110 Å². The van der Waals surface area contributed by atoms with E-state index in [0.29, 0.717) is 38.5 Å². The molecule has 1 aromatic heterocycles. The van der Waals surface area contributed by atoms with Crippen molar-refractivity contribution in [2.45, 2.75) is 20.5 Å². The molecule has 0 fully saturated rings. The molecule has 11 heteroatoms. The Morgan fingerprint density at radius 2 is 1.67 bits per heavy atom. The van der Waals surface area contributed by atoms with Gasteiger partial charge in [-0.15, -0.1) is 0 Å². The fourth-order valence-corrected chi connectivity index (χ4v) is 4.19. The van der Waals surface area contributed by atoms with Crippen LogP contribution >= 0.6 is 23.2 Å². The van der Waals surface area contributed by atoms with Gasteiger partial charge in [0.1, 0.15) is 18.0 Å². The molecule has 0 saturated heterocycles. The van der Waals surface area contributed by atoms with Gasteiger partial charge in [0.25, 0.3) is 5.56 Å². The van der Waals surface area contributed by atoms with Crippen molar-refractivity contribution in [2.75, 3.05) is 5.32 Å². The Morgan fingerprint density at radius 3 is 2.33 bits per heavy atom. The Hall–Kier alpha value is -4.34. The number of aromatic nitrogens is 2. The lowest BCUT2D eigenvalue weighted by Crippen LogP contribution is -2.34. The first-order chi connectivity index (χ1) is 18.7. The van der Waals surface area contributed by atoms with Crippen LogP contribution in [0, 0.1) is 6.92 Å². The van der Waals surface area contributed by atoms with Gasteiger partial charge in [0, 0.05) is 22.7 Å². The van der Waals surface area contributed by atoms with Crippen molar-refractivity contribution < 1.29 is 14.3 Å². The predicted molar refractivity (Wildman–Crippen MR) is 152 cm³/mol. The van der Waals surface area contributed by atoms with Crippen LogP contribution in [0.2, 0.25) is 10.0 Å². The summed E-state index contributed by atoms with van der Waals surface area (Å²) < 4.78 is 8.78. The van der Waals surface area contributed by atoms with E-state index in [1.165, 1.54) is 4.68 Å². The number of benzene rings is 3. The summed E-state index contributed by atoms with van der Waals surface area (Å²) in [4.78, 5) is 37.9. The van der Waals surface area contributed by atoms with Crippen LogP contribution in [-0.4, -0.2) is 26.9 Å². The van der Waals surface area contributed by atoms with Crippen molar-refractivity contribution in [1.29, 1.82) is 0 Å². The molecule has 0 aliphatic heterocycles. The Labute approximate surface area is 234 Å². The van der Waals surface area contributed by atoms with Crippen molar-refractivity contribution in [3.8, 4) is 11.4 Å². The molecule has 9 nitrogen and oxygen atoms in total. The number of hydrogen-bond acceptors (Lipinski definition) is 5. The number of nitrogens with zero attached hydrogens (tertiary/aromatic N) is 3. The van der Waals surface area contributed by atoms with Gasteiger partial charge in [-0.25, -0.2) is 10.1 Å². The Balaban J connectivity index is 1.37. The van der Waals surface area contributed by atoms with Gasteiger partial charge in [0.2, 0.25) is 0 Å². The maximum atomic E-state index is 13.0. The molecule has 0 atom stereocenters. The maximum Gasteiger partial charge on any atom is 0.329 e. The second-order valence-corrected chi connectivity index (χ2v) is 9.42. The van der Waals surface area contributed by atoms with Crippen LogP contribution in [0.25, 0.3) is 5.69 Å². The quantitative estimate of drug-likeness (QED) is 0.190. The van der Waals surface area contributed by atoms with Gasteiger partial charge in [-0.3, -0.25) is 19.1 Å². The van der Waals surface area contributed by atoms with Crippen molar-refractivity contribution in [3.63, 3.8) is 0 Å². The van der Waals surface area contributed by atoms with Gasteiger partial charge >= 0.3 is 11.8 Å². The van der Waals surface area contributed by atoms with Gasteiger partial charge in [-0.05, 0) is 67.9 Å². The smallest absolute Gasteiger partial charge is 0.329 e. The number of nitrogens with one attached hydrogen (secondary N) is 2. The molecule has 39 heavy (non-hydrogen) atoms. The number of hydrazone groups is 1. The fraction of sp³-hybridized carbons (Fsp3) is 0.143. The van der Waals surface area contributed by atoms with Gasteiger partial charge in [0.15, 0.2) is 0 Å². The van der Waals surface area contributed by atoms with Crippen LogP contribution in [0.1, 0.15) is 23.7 Å². The summed E-state index contributed by atoms with van der Waals surface area (Å²) in [7, 11) is 1.69. The van der Waals surface area contributed by atoms with Crippen LogP contribution in [-0.2, 0) is 23.2 Å². The highest BCUT2D eigenvalue weighted by Gasteiger charge is 2.21. The molecule has 0 aliphatic carbocycles. The van der Waals surface area contributed by atoms with Crippen LogP contribution in [0.4, 0.5) is 5.69 Å². The zero-order valence-corrected chi connectivity index (χ0v) is 22.9. The van der Waals surface area contributed by atoms with Gasteiger partial charge < -0.3 is 10.1 Å². The van der Waals surface area contributed by atoms with Crippen molar-refractivity contribution in [1.82, 2.24) is 14.8 Å². The number of rotatable bonds is 7. The molecule has 3 aromatic carbocycles. The SMILES string of the molecule is C/C(=N\NC(=O)C(=O)Nc1c(C)n(C)n(-c2ccccc2)c1=O)c1ccc(OCc2ccc(Cl)cc2Cl)cc1. The molecular weight excluding hydrogens is 541 g/mol. The summed E-state index contributed by atoms with van der Waals surface area (Å²) in [6.45, 7) is 3.63. The Morgan fingerprint density at radius 1 is 0.974 bits per heavy atom. The number of hydrogen-bond donors (Lipinski definition) is 2. The highest BCUT2D eigenvalue weighted by Crippen LogP contribution is 2.23. The topological polar surface area (TPSA) is 107 Å². The fourth-order valence-electron chi connectivity index (χ4n) is 3.72. The van der Waals surface area contributed by atoms with E-state index in [9.17, 15) is 14.4 Å². The third kappa shape index (κ3) is 6.39. The van der Waals surface area contributed by atoms with E-state index < -0.39 is 17.4 Å². The molecule has 2 amide bonds. The maximum absolute atomic E-state index is 13.0. The zero-order valence-electron chi connectivity index (χ0n) is 21.4. The number of carbonyl (C=O) groups is 2. The van der Waals surface area contributed by atoms with E-state index in [4.69, 9.17) is 27.9 Å². The van der Waals surface area contributed by atoms with Crippen LogP contribution in [0.3, 0.4) is 0 Å². The highest BCUT2D eigenvalue weighted by atomic mass is 35.5. The van der Waals surface area contributed by atoms with Crippen LogP contribution < -0.4 is 21.0 Å². The minimum Gasteiger partial charge on any atom is -0.489 e. The van der Waals surface area contributed by atoms with Crippen LogP contribution in [0.5, 0.6) is 5.75 Å². The normalized spacial score (nSPS) is 11.3. The molecule has 1 heterocycles. The largest absolute Gasteiger partial charge is 0.489 e. The summed E-state index contributed by atoms with van der Waals surface area (Å²) in [5, 5.41) is 7.49. The Bertz CT molecular complexity index is 1610. The number of para-hydroxylation sites is 1. The number of carbonyl (C=O) groups excluding carboxylic acids is 2. The highest BCUT2D eigenvalue weighted by molar-refractivity contribution is 6.39. The van der Waals surface area contributed by atoms with E-state index >= 15 is 0 Å². The summed E-state index contributed by atoms with van der Waals surface area (Å²) >= 11 is 12.1. The lowest BCUT2D eigenvalue weighted by molar-refractivity contribution is -0.136. The van der Waals surface area contributed by atoms with E-state index in [-0.39, 0.29) is 12.3 Å². The Kier molecular flexibility index (Phi) is 8.53. The molecule has 4 aromatic rings. The summed E-state index contributed by atoms with van der Waals surface area (Å²) in [5.41, 5.74) is 4.87. The number of ether oxygens (including phenoxy) is 1. The average molecular weight is 566 g/mol. The molecule has 200 valence electrons. The molecule has 0 saturated carbocycles. The predicted octanol–water partition coefficient (Wildman–Crippen LogP) is 4.85. The zero-order chi connectivity index (χ0) is 28.1. The first-order valence-electron chi connectivity index (χ1n) is 11.8. The summed E-state index contributed by atoms with van der Waals surface area (Å²) in [6, 6.07) is 21.2. The van der Waals surface area contributed by atoms with E-state index in [0.717, 1.165) is 5.56 Å². The number of amides is 2. The minimum absolute atomic E-state index is 0.0117. The summed E-state index contributed by atoms with van der Waals surface area (Å²) in [6.07, 6.45) is 0. The first-order valence-corrected chi connectivity index (χ1v) is 12.6. The lowest BCUT2D eigenvalue weighted by Gasteiger charge is -2.09. The summed E-state index contributed by atoms with van der Waals surface area (Å²) in [5.74, 6) is -1.41. The van der Waals surface area contributed by atoms with E-state index in [1.54, 1.807) is 92.3 Å². The molecule has 0 spiro atoms. The van der Waals surface area contributed by atoms with E-state index in [1.807, 2.05) is 6.07 Å².